The van der Waals surface area contributed by atoms with Crippen molar-refractivity contribution in [3.8, 4) is 0 Å². The van der Waals surface area contributed by atoms with E-state index in [1.54, 1.807) is 0 Å². The highest BCUT2D eigenvalue weighted by molar-refractivity contribution is 5.81. The summed E-state index contributed by atoms with van der Waals surface area (Å²) >= 11 is 0. The molecule has 3 N–H and O–H groups in total. The minimum absolute atomic E-state index is 0.0328. The fraction of sp³-hybridized carbons (Fsp3) is 0.400. The number of aryl methyl sites for hydroxylation is 1. The lowest BCUT2D eigenvalue weighted by Gasteiger charge is -2.27. The van der Waals surface area contributed by atoms with Gasteiger partial charge in [0.05, 0.1) is 5.52 Å². The van der Waals surface area contributed by atoms with Crippen LogP contribution >= 0.6 is 0 Å². The first-order chi connectivity index (χ1) is 8.52. The summed E-state index contributed by atoms with van der Waals surface area (Å²) < 4.78 is 0. The predicted molar refractivity (Wildman–Crippen MR) is 77.9 cm³/mol. The van der Waals surface area contributed by atoms with Crippen LogP contribution in [0.5, 0.6) is 0 Å². The van der Waals surface area contributed by atoms with Crippen molar-refractivity contribution in [3.63, 3.8) is 0 Å². The first-order valence-corrected chi connectivity index (χ1v) is 6.36. The lowest BCUT2D eigenvalue weighted by Crippen LogP contribution is -2.34. The average Bonchev–Trinajstić information content (AvgIpc) is 2.29. The number of para-hydroxylation sites is 1. The summed E-state index contributed by atoms with van der Waals surface area (Å²) in [6.07, 6.45) is 0.918. The van der Waals surface area contributed by atoms with E-state index in [9.17, 15) is 0 Å². The molecule has 3 nitrogen and oxygen atoms in total. The van der Waals surface area contributed by atoms with E-state index < -0.39 is 0 Å². The Hall–Kier alpha value is -1.61. The second-order valence-corrected chi connectivity index (χ2v) is 5.39. The number of hydrogen-bond donors (Lipinski definition) is 2. The molecule has 0 amide bonds. The fourth-order valence-electron chi connectivity index (χ4n) is 2.09. The topological polar surface area (TPSA) is 50.9 Å². The third kappa shape index (κ3) is 2.79. The molecule has 0 spiro atoms. The monoisotopic (exact) mass is 243 g/mol. The molecule has 0 aliphatic heterocycles. The van der Waals surface area contributed by atoms with Crippen molar-refractivity contribution < 1.29 is 0 Å². The molecule has 2 aromatic rings. The van der Waals surface area contributed by atoms with Gasteiger partial charge in [-0.15, -0.1) is 0 Å². The van der Waals surface area contributed by atoms with Crippen LogP contribution in [0, 0.1) is 6.92 Å². The molecule has 0 aliphatic carbocycles. The summed E-state index contributed by atoms with van der Waals surface area (Å²) in [5.74, 6) is 0.951. The number of hydrogen-bond acceptors (Lipinski definition) is 3. The summed E-state index contributed by atoms with van der Waals surface area (Å²) in [5.41, 5.74) is 7.79. The summed E-state index contributed by atoms with van der Waals surface area (Å²) in [4.78, 5) is 4.69. The zero-order valence-electron chi connectivity index (χ0n) is 11.3. The second kappa shape index (κ2) is 4.94. The molecule has 1 aromatic heterocycles. The Morgan fingerprint density at radius 3 is 2.72 bits per heavy atom. The van der Waals surface area contributed by atoms with Crippen LogP contribution in [0.25, 0.3) is 10.9 Å². The van der Waals surface area contributed by atoms with E-state index in [2.05, 4.69) is 38.2 Å². The van der Waals surface area contributed by atoms with Gasteiger partial charge in [0.1, 0.15) is 5.82 Å². The third-order valence-corrected chi connectivity index (χ3v) is 3.14. The summed E-state index contributed by atoms with van der Waals surface area (Å²) in [5, 5.41) is 4.67. The maximum atomic E-state index is 5.64. The Kier molecular flexibility index (Phi) is 3.53. The van der Waals surface area contributed by atoms with Gasteiger partial charge in [0, 0.05) is 10.9 Å². The number of nitrogens with two attached hydrogens (primary N) is 1. The van der Waals surface area contributed by atoms with Crippen molar-refractivity contribution >= 4 is 16.7 Å². The Bertz CT molecular complexity index is 546. The minimum atomic E-state index is -0.0328. The Morgan fingerprint density at radius 2 is 2.00 bits per heavy atom. The van der Waals surface area contributed by atoms with Gasteiger partial charge in [-0.3, -0.25) is 0 Å². The summed E-state index contributed by atoms with van der Waals surface area (Å²) in [6.45, 7) is 7.05. The highest BCUT2D eigenvalue weighted by atomic mass is 15.0. The van der Waals surface area contributed by atoms with Gasteiger partial charge in [0.15, 0.2) is 0 Å². The Labute approximate surface area is 108 Å². The number of nitrogens with zero attached hydrogens (tertiary/aromatic N) is 1. The molecule has 0 unspecified atom stereocenters. The first kappa shape index (κ1) is 12.8. The van der Waals surface area contributed by atoms with Crippen molar-refractivity contribution in [2.24, 2.45) is 5.73 Å². The van der Waals surface area contributed by atoms with Crippen LogP contribution in [0.1, 0.15) is 25.8 Å². The van der Waals surface area contributed by atoms with Crippen molar-refractivity contribution in [1.82, 2.24) is 4.98 Å². The third-order valence-electron chi connectivity index (χ3n) is 3.14. The molecule has 0 saturated heterocycles. The summed E-state index contributed by atoms with van der Waals surface area (Å²) in [7, 11) is 0. The number of fused-ring (bicyclic) bond motifs is 1. The zero-order valence-corrected chi connectivity index (χ0v) is 11.3. The first-order valence-electron chi connectivity index (χ1n) is 6.36. The van der Waals surface area contributed by atoms with E-state index in [-0.39, 0.29) is 5.54 Å². The van der Waals surface area contributed by atoms with Crippen molar-refractivity contribution in [2.75, 3.05) is 11.9 Å². The van der Waals surface area contributed by atoms with Crippen molar-refractivity contribution in [3.05, 3.63) is 35.9 Å². The van der Waals surface area contributed by atoms with Gasteiger partial charge in [-0.25, -0.2) is 4.98 Å². The summed E-state index contributed by atoms with van der Waals surface area (Å²) in [6, 6.07) is 10.3. The average molecular weight is 243 g/mol. The highest BCUT2D eigenvalue weighted by Gasteiger charge is 2.18. The molecule has 0 radical (unpaired) electrons. The van der Waals surface area contributed by atoms with E-state index in [0.29, 0.717) is 6.54 Å². The maximum absolute atomic E-state index is 5.64. The molecule has 96 valence electrons. The molecule has 0 saturated carbocycles. The molecule has 2 rings (SSSR count). The Morgan fingerprint density at radius 1 is 1.28 bits per heavy atom. The number of benzene rings is 1. The van der Waals surface area contributed by atoms with Crippen LogP contribution in [0.2, 0.25) is 0 Å². The fourth-order valence-corrected chi connectivity index (χ4v) is 2.09. The molecule has 0 fully saturated rings. The number of aromatic nitrogens is 1. The van der Waals surface area contributed by atoms with Gasteiger partial charge in [-0.2, -0.15) is 0 Å². The smallest absolute Gasteiger partial charge is 0.130 e. The van der Waals surface area contributed by atoms with E-state index in [0.717, 1.165) is 17.8 Å². The highest BCUT2D eigenvalue weighted by Crippen LogP contribution is 2.23. The van der Waals surface area contributed by atoms with Crippen LogP contribution < -0.4 is 11.1 Å². The minimum Gasteiger partial charge on any atom is -0.365 e. The lowest BCUT2D eigenvalue weighted by molar-refractivity contribution is 0.524. The van der Waals surface area contributed by atoms with Gasteiger partial charge in [0.25, 0.3) is 0 Å². The normalized spacial score (nSPS) is 11.8. The van der Waals surface area contributed by atoms with Gasteiger partial charge in [-0.1, -0.05) is 18.2 Å². The Balaban J connectivity index is 2.36. The molecule has 18 heavy (non-hydrogen) atoms. The van der Waals surface area contributed by atoms with E-state index >= 15 is 0 Å². The maximum Gasteiger partial charge on any atom is 0.130 e. The molecule has 1 heterocycles. The van der Waals surface area contributed by atoms with E-state index in [4.69, 9.17) is 10.7 Å². The molecular formula is C15H21N3. The predicted octanol–water partition coefficient (Wildman–Crippen LogP) is 3.08. The second-order valence-electron chi connectivity index (χ2n) is 5.39. The zero-order chi connectivity index (χ0) is 13.2. The lowest BCUT2D eigenvalue weighted by atomic mass is 10.0. The van der Waals surface area contributed by atoms with Crippen LogP contribution in [-0.4, -0.2) is 17.1 Å². The molecular weight excluding hydrogens is 222 g/mol. The molecule has 3 heteroatoms. The quantitative estimate of drug-likeness (QED) is 0.867. The number of rotatable bonds is 4. The molecule has 0 bridgehead atoms. The van der Waals surface area contributed by atoms with Gasteiger partial charge in [0.2, 0.25) is 0 Å². The largest absolute Gasteiger partial charge is 0.365 e. The SMILES string of the molecule is Cc1cc2ccccc2nc1NC(C)(C)CCN. The van der Waals surface area contributed by atoms with Crippen LogP contribution in [0.15, 0.2) is 30.3 Å². The van der Waals surface area contributed by atoms with Gasteiger partial charge < -0.3 is 11.1 Å². The van der Waals surface area contributed by atoms with Crippen molar-refractivity contribution in [1.29, 1.82) is 0 Å². The van der Waals surface area contributed by atoms with Crippen molar-refractivity contribution in [2.45, 2.75) is 32.7 Å². The van der Waals surface area contributed by atoms with Gasteiger partial charge >= 0.3 is 0 Å². The number of anilines is 1. The van der Waals surface area contributed by atoms with E-state index in [1.807, 2.05) is 18.2 Å². The molecule has 1 aromatic carbocycles. The van der Waals surface area contributed by atoms with Gasteiger partial charge in [-0.05, 0) is 51.4 Å². The van der Waals surface area contributed by atoms with E-state index in [1.165, 1.54) is 10.9 Å². The molecule has 0 atom stereocenters. The van der Waals surface area contributed by atoms with Crippen LogP contribution in [0.4, 0.5) is 5.82 Å². The van der Waals surface area contributed by atoms with Crippen LogP contribution in [-0.2, 0) is 0 Å². The van der Waals surface area contributed by atoms with Crippen LogP contribution in [0.3, 0.4) is 0 Å². The standard InChI is InChI=1S/C15H21N3/c1-11-10-12-6-4-5-7-13(12)17-14(11)18-15(2,3)8-9-16/h4-7,10H,8-9,16H2,1-3H3,(H,17,18). The molecule has 0 aliphatic rings. The number of pyridine rings is 1. The number of nitrogens with one attached hydrogen (secondary N) is 1.